The summed E-state index contributed by atoms with van der Waals surface area (Å²) in [7, 11) is 2.66. The number of nitro benzene ring substituents is 1. The number of rotatable bonds is 7. The molecule has 1 amide bonds. The third-order valence-electron chi connectivity index (χ3n) is 5.80. The summed E-state index contributed by atoms with van der Waals surface area (Å²) in [6.45, 7) is 0. The van der Waals surface area contributed by atoms with Crippen LogP contribution < -0.4 is 10.1 Å². The molecule has 1 N–H and O–H groups in total. The van der Waals surface area contributed by atoms with Gasteiger partial charge in [-0.2, -0.15) is 0 Å². The number of amides is 1. The number of hydrogen-bond acceptors (Lipinski definition) is 6. The quantitative estimate of drug-likeness (QED) is 0.337. The van der Waals surface area contributed by atoms with Gasteiger partial charge < -0.3 is 14.8 Å². The normalized spacial score (nSPS) is 12.9. The molecule has 0 bridgehead atoms. The average Bonchev–Trinajstić information content (AvgIpc) is 3.17. The van der Waals surface area contributed by atoms with Crippen LogP contribution in [0.3, 0.4) is 0 Å². The molecule has 4 rings (SSSR count). The number of nitro groups is 1. The summed E-state index contributed by atoms with van der Waals surface area (Å²) < 4.78 is 10.2. The van der Waals surface area contributed by atoms with E-state index in [0.717, 1.165) is 22.3 Å². The molecule has 0 saturated heterocycles. The summed E-state index contributed by atoms with van der Waals surface area (Å²) in [5.74, 6) is -1.22. The molecule has 0 heterocycles. The van der Waals surface area contributed by atoms with E-state index >= 15 is 0 Å². The van der Waals surface area contributed by atoms with Crippen molar-refractivity contribution in [3.8, 4) is 16.9 Å². The van der Waals surface area contributed by atoms with Crippen molar-refractivity contribution in [2.75, 3.05) is 14.2 Å². The first kappa shape index (κ1) is 22.0. The second kappa shape index (κ2) is 9.12. The Morgan fingerprint density at radius 2 is 1.61 bits per heavy atom. The van der Waals surface area contributed by atoms with Crippen molar-refractivity contribution < 1.29 is 24.0 Å². The smallest absolute Gasteiger partial charge is 0.328 e. The number of methoxy groups -OCH3 is 2. The van der Waals surface area contributed by atoms with Crippen LogP contribution in [0.1, 0.15) is 22.6 Å². The van der Waals surface area contributed by atoms with E-state index in [4.69, 9.17) is 9.47 Å². The Hall–Kier alpha value is -4.20. The summed E-state index contributed by atoms with van der Waals surface area (Å²) in [6, 6.07) is 18.4. The Labute approximate surface area is 190 Å². The van der Waals surface area contributed by atoms with Crippen molar-refractivity contribution in [3.05, 3.63) is 93.5 Å². The lowest BCUT2D eigenvalue weighted by atomic mass is 9.95. The van der Waals surface area contributed by atoms with Crippen LogP contribution in [0.5, 0.6) is 5.75 Å². The van der Waals surface area contributed by atoms with Crippen molar-refractivity contribution in [3.63, 3.8) is 0 Å². The standard InChI is InChI=1S/C25H22N2O6/c1-32-22-12-11-16(27(30)31)13-15(22)14-21(25(29)33-2)26-24(28)23-19-9-5-3-7-17(19)18-8-4-6-10-20(18)23/h3-13,21,23H,14H2,1-2H3,(H,26,28)/t21-/m0/s1. The number of carbonyl (C=O) groups excluding carboxylic acids is 2. The number of ether oxygens (including phenoxy) is 2. The number of esters is 1. The van der Waals surface area contributed by atoms with E-state index in [1.54, 1.807) is 0 Å². The van der Waals surface area contributed by atoms with Crippen molar-refractivity contribution >= 4 is 17.6 Å². The van der Waals surface area contributed by atoms with Gasteiger partial charge in [-0.3, -0.25) is 14.9 Å². The van der Waals surface area contributed by atoms with E-state index in [-0.39, 0.29) is 18.0 Å². The Morgan fingerprint density at radius 3 is 2.15 bits per heavy atom. The number of nitrogens with one attached hydrogen (secondary N) is 1. The molecule has 0 spiro atoms. The van der Waals surface area contributed by atoms with Gasteiger partial charge in [0, 0.05) is 24.1 Å². The van der Waals surface area contributed by atoms with Gasteiger partial charge in [-0.1, -0.05) is 48.5 Å². The monoisotopic (exact) mass is 446 g/mol. The average molecular weight is 446 g/mol. The molecular weight excluding hydrogens is 424 g/mol. The van der Waals surface area contributed by atoms with Crippen LogP contribution in [0.4, 0.5) is 5.69 Å². The van der Waals surface area contributed by atoms with Gasteiger partial charge >= 0.3 is 5.97 Å². The Balaban J connectivity index is 1.66. The van der Waals surface area contributed by atoms with Gasteiger partial charge in [0.25, 0.3) is 5.69 Å². The van der Waals surface area contributed by atoms with E-state index in [0.29, 0.717) is 11.3 Å². The number of hydrogen-bond donors (Lipinski definition) is 1. The minimum atomic E-state index is -1.06. The third kappa shape index (κ3) is 4.15. The maximum atomic E-state index is 13.5. The predicted octanol–water partition coefficient (Wildman–Crippen LogP) is 3.62. The van der Waals surface area contributed by atoms with Crippen LogP contribution >= 0.6 is 0 Å². The SMILES string of the molecule is COC(=O)[C@H](Cc1cc([N+](=O)[O-])ccc1OC)NC(=O)C1c2ccccc2-c2ccccc21. The highest BCUT2D eigenvalue weighted by Gasteiger charge is 2.35. The van der Waals surface area contributed by atoms with Gasteiger partial charge in [-0.05, 0) is 28.3 Å². The van der Waals surface area contributed by atoms with Crippen molar-refractivity contribution in [1.82, 2.24) is 5.32 Å². The minimum Gasteiger partial charge on any atom is -0.496 e. The fourth-order valence-corrected chi connectivity index (χ4v) is 4.29. The lowest BCUT2D eigenvalue weighted by Gasteiger charge is -2.21. The lowest BCUT2D eigenvalue weighted by Crippen LogP contribution is -2.45. The second-order valence-corrected chi connectivity index (χ2v) is 7.65. The number of non-ortho nitro benzene ring substituents is 1. The van der Waals surface area contributed by atoms with Gasteiger partial charge in [0.15, 0.2) is 0 Å². The van der Waals surface area contributed by atoms with E-state index in [2.05, 4.69) is 5.32 Å². The van der Waals surface area contributed by atoms with Gasteiger partial charge in [-0.25, -0.2) is 4.79 Å². The molecule has 1 atom stereocenters. The van der Waals surface area contributed by atoms with Crippen LogP contribution in [-0.4, -0.2) is 37.1 Å². The molecule has 8 nitrogen and oxygen atoms in total. The van der Waals surface area contributed by atoms with Crippen LogP contribution in [0.15, 0.2) is 66.7 Å². The van der Waals surface area contributed by atoms with E-state index in [1.807, 2.05) is 48.5 Å². The van der Waals surface area contributed by atoms with E-state index in [9.17, 15) is 19.7 Å². The Morgan fingerprint density at radius 1 is 1.00 bits per heavy atom. The van der Waals surface area contributed by atoms with Gasteiger partial charge in [-0.15, -0.1) is 0 Å². The summed E-state index contributed by atoms with van der Waals surface area (Å²) >= 11 is 0. The fourth-order valence-electron chi connectivity index (χ4n) is 4.29. The lowest BCUT2D eigenvalue weighted by molar-refractivity contribution is -0.384. The molecular formula is C25H22N2O6. The first-order valence-corrected chi connectivity index (χ1v) is 10.3. The largest absolute Gasteiger partial charge is 0.496 e. The molecule has 0 radical (unpaired) electrons. The van der Waals surface area contributed by atoms with Crippen molar-refractivity contribution in [1.29, 1.82) is 0 Å². The molecule has 168 valence electrons. The molecule has 3 aromatic rings. The molecule has 33 heavy (non-hydrogen) atoms. The van der Waals surface area contributed by atoms with Crippen LogP contribution in [0, 0.1) is 10.1 Å². The molecule has 0 aromatic heterocycles. The van der Waals surface area contributed by atoms with Gasteiger partial charge in [0.2, 0.25) is 5.91 Å². The topological polar surface area (TPSA) is 108 Å². The molecule has 1 aliphatic rings. The number of carbonyl (C=O) groups is 2. The summed E-state index contributed by atoms with van der Waals surface area (Å²) in [4.78, 5) is 36.7. The summed E-state index contributed by atoms with van der Waals surface area (Å²) in [5.41, 5.74) is 3.93. The number of benzene rings is 3. The zero-order valence-electron chi connectivity index (χ0n) is 18.1. The van der Waals surface area contributed by atoms with Crippen LogP contribution in [0.25, 0.3) is 11.1 Å². The van der Waals surface area contributed by atoms with E-state index < -0.39 is 22.9 Å². The van der Waals surface area contributed by atoms with E-state index in [1.165, 1.54) is 32.4 Å². The first-order chi connectivity index (χ1) is 15.9. The minimum absolute atomic E-state index is 0.0285. The van der Waals surface area contributed by atoms with Crippen LogP contribution in [-0.2, 0) is 20.7 Å². The summed E-state index contributed by atoms with van der Waals surface area (Å²) in [6.07, 6.45) is -0.0285. The molecule has 8 heteroatoms. The predicted molar refractivity (Wildman–Crippen MR) is 121 cm³/mol. The molecule has 0 saturated carbocycles. The number of nitrogens with zero attached hydrogens (tertiary/aromatic N) is 1. The molecule has 0 aliphatic heterocycles. The second-order valence-electron chi connectivity index (χ2n) is 7.65. The Kier molecular flexibility index (Phi) is 6.08. The molecule has 3 aromatic carbocycles. The zero-order valence-corrected chi connectivity index (χ0v) is 18.1. The van der Waals surface area contributed by atoms with Crippen molar-refractivity contribution in [2.45, 2.75) is 18.4 Å². The van der Waals surface area contributed by atoms with Gasteiger partial charge in [0.1, 0.15) is 11.8 Å². The highest BCUT2D eigenvalue weighted by Crippen LogP contribution is 2.44. The highest BCUT2D eigenvalue weighted by atomic mass is 16.6. The molecule has 0 fully saturated rings. The van der Waals surface area contributed by atoms with Gasteiger partial charge in [0.05, 0.1) is 25.1 Å². The third-order valence-corrected chi connectivity index (χ3v) is 5.80. The molecule has 0 unspecified atom stereocenters. The van der Waals surface area contributed by atoms with Crippen LogP contribution in [0.2, 0.25) is 0 Å². The number of fused-ring (bicyclic) bond motifs is 3. The first-order valence-electron chi connectivity index (χ1n) is 10.3. The maximum Gasteiger partial charge on any atom is 0.328 e. The molecule has 1 aliphatic carbocycles. The van der Waals surface area contributed by atoms with Crippen molar-refractivity contribution in [2.24, 2.45) is 0 Å². The Bertz CT molecular complexity index is 1190. The maximum absolute atomic E-state index is 13.5. The summed E-state index contributed by atoms with van der Waals surface area (Å²) in [5, 5.41) is 14.0. The fraction of sp³-hybridized carbons (Fsp3) is 0.200. The highest BCUT2D eigenvalue weighted by molar-refractivity contribution is 5.97. The zero-order chi connectivity index (χ0) is 23.5.